The number of rotatable bonds is 5. The number of hydrogen-bond acceptors (Lipinski definition) is 3. The Balaban J connectivity index is 1.62. The Morgan fingerprint density at radius 2 is 1.84 bits per heavy atom. The van der Waals surface area contributed by atoms with Crippen LogP contribution in [0.5, 0.6) is 11.5 Å². The lowest BCUT2D eigenvalue weighted by Crippen LogP contribution is -2.43. The van der Waals surface area contributed by atoms with E-state index in [-0.39, 0.29) is 0 Å². The lowest BCUT2D eigenvalue weighted by Gasteiger charge is -2.26. The summed E-state index contributed by atoms with van der Waals surface area (Å²) in [5.74, 6) is 1.35. The van der Waals surface area contributed by atoms with E-state index < -0.39 is 0 Å². The molecule has 1 heterocycles. The maximum absolute atomic E-state index is 6.15. The second kappa shape index (κ2) is 8.72. The number of nitrogens with zero attached hydrogens (tertiary/aromatic N) is 1. The van der Waals surface area contributed by atoms with Crippen molar-refractivity contribution in [2.24, 2.45) is 0 Å². The summed E-state index contributed by atoms with van der Waals surface area (Å²) in [5.41, 5.74) is 2.47. The Morgan fingerprint density at radius 3 is 2.52 bits per heavy atom. The Hall–Kier alpha value is -1.52. The molecule has 1 fully saturated rings. The first kappa shape index (κ1) is 18.3. The van der Waals surface area contributed by atoms with Crippen molar-refractivity contribution in [1.29, 1.82) is 0 Å². The Bertz CT molecular complexity index is 738. The van der Waals surface area contributed by atoms with Gasteiger partial charge in [0.2, 0.25) is 0 Å². The predicted octanol–water partition coefficient (Wildman–Crippen LogP) is 5.09. The summed E-state index contributed by atoms with van der Waals surface area (Å²) in [4.78, 5) is 2.46. The summed E-state index contributed by atoms with van der Waals surface area (Å²) < 4.78 is 5.83. The molecule has 0 bridgehead atoms. The number of benzene rings is 2. The van der Waals surface area contributed by atoms with Gasteiger partial charge in [-0.1, -0.05) is 41.4 Å². The van der Waals surface area contributed by atoms with Crippen LogP contribution in [0.25, 0.3) is 5.57 Å². The average Bonchev–Trinajstić information content (AvgIpc) is 2.63. The zero-order valence-corrected chi connectivity index (χ0v) is 15.8. The monoisotopic (exact) mass is 376 g/mol. The molecule has 0 saturated carbocycles. The topological polar surface area (TPSA) is 24.5 Å². The van der Waals surface area contributed by atoms with Gasteiger partial charge < -0.3 is 10.1 Å². The molecular weight excluding hydrogens is 355 g/mol. The molecule has 132 valence electrons. The second-order valence-corrected chi connectivity index (χ2v) is 6.98. The standard InChI is InChI=1S/C20H22Cl2N2O/c1-15(8-11-24-12-9-23-10-13-24)16-2-5-18(6-3-16)25-20-7-4-17(21)14-19(20)22/h2-8,14,23H,9-13H2,1H3. The quantitative estimate of drug-likeness (QED) is 0.785. The van der Waals surface area contributed by atoms with E-state index in [1.165, 1.54) is 11.1 Å². The van der Waals surface area contributed by atoms with Crippen LogP contribution >= 0.6 is 23.2 Å². The van der Waals surface area contributed by atoms with Gasteiger partial charge in [0.15, 0.2) is 0 Å². The largest absolute Gasteiger partial charge is 0.456 e. The lowest BCUT2D eigenvalue weighted by molar-refractivity contribution is 0.265. The van der Waals surface area contributed by atoms with E-state index in [1.807, 2.05) is 12.1 Å². The van der Waals surface area contributed by atoms with E-state index in [1.54, 1.807) is 18.2 Å². The van der Waals surface area contributed by atoms with E-state index >= 15 is 0 Å². The lowest BCUT2D eigenvalue weighted by atomic mass is 10.1. The van der Waals surface area contributed by atoms with Crippen molar-refractivity contribution in [2.45, 2.75) is 6.92 Å². The minimum absolute atomic E-state index is 0.503. The minimum atomic E-state index is 0.503. The summed E-state index contributed by atoms with van der Waals surface area (Å²) in [6.45, 7) is 7.51. The van der Waals surface area contributed by atoms with E-state index in [0.717, 1.165) is 38.5 Å². The van der Waals surface area contributed by atoms with Crippen molar-refractivity contribution in [1.82, 2.24) is 10.2 Å². The summed E-state index contributed by atoms with van der Waals surface area (Å²) in [6, 6.07) is 13.3. The number of hydrogen-bond donors (Lipinski definition) is 1. The molecule has 2 aromatic rings. The molecule has 5 heteroatoms. The highest BCUT2D eigenvalue weighted by Crippen LogP contribution is 2.32. The van der Waals surface area contributed by atoms with Gasteiger partial charge >= 0.3 is 0 Å². The van der Waals surface area contributed by atoms with Gasteiger partial charge in [0.1, 0.15) is 11.5 Å². The maximum Gasteiger partial charge on any atom is 0.146 e. The molecule has 1 saturated heterocycles. The highest BCUT2D eigenvalue weighted by atomic mass is 35.5. The zero-order valence-electron chi connectivity index (χ0n) is 14.3. The summed E-state index contributed by atoms with van der Waals surface area (Å²) >= 11 is 12.1. The average molecular weight is 377 g/mol. The molecular formula is C20H22Cl2N2O. The van der Waals surface area contributed by atoms with Crippen molar-refractivity contribution in [3.05, 3.63) is 64.1 Å². The van der Waals surface area contributed by atoms with Crippen molar-refractivity contribution in [3.8, 4) is 11.5 Å². The van der Waals surface area contributed by atoms with Crippen LogP contribution in [0.3, 0.4) is 0 Å². The highest BCUT2D eigenvalue weighted by Gasteiger charge is 2.08. The number of piperazine rings is 1. The predicted molar refractivity (Wildman–Crippen MR) is 106 cm³/mol. The fourth-order valence-electron chi connectivity index (χ4n) is 2.75. The fraction of sp³-hybridized carbons (Fsp3) is 0.300. The molecule has 0 amide bonds. The fourth-order valence-corrected chi connectivity index (χ4v) is 3.20. The van der Waals surface area contributed by atoms with Crippen molar-refractivity contribution in [3.63, 3.8) is 0 Å². The Labute approximate surface area is 159 Å². The molecule has 0 aromatic heterocycles. The van der Waals surface area contributed by atoms with Crippen LogP contribution in [0.4, 0.5) is 0 Å². The minimum Gasteiger partial charge on any atom is -0.456 e. The van der Waals surface area contributed by atoms with E-state index in [2.05, 4.69) is 35.3 Å². The van der Waals surface area contributed by atoms with E-state index in [0.29, 0.717) is 15.8 Å². The van der Waals surface area contributed by atoms with E-state index in [4.69, 9.17) is 27.9 Å². The SMILES string of the molecule is CC(=CCN1CCNCC1)c1ccc(Oc2ccc(Cl)cc2Cl)cc1. The first-order valence-corrected chi connectivity index (χ1v) is 9.20. The van der Waals surface area contributed by atoms with Gasteiger partial charge in [-0.05, 0) is 48.4 Å². The number of ether oxygens (including phenoxy) is 1. The third kappa shape index (κ3) is 5.23. The number of halogens is 2. The molecule has 0 radical (unpaired) electrons. The van der Waals surface area contributed by atoms with Crippen LogP contribution in [0.15, 0.2) is 48.5 Å². The molecule has 25 heavy (non-hydrogen) atoms. The molecule has 1 N–H and O–H groups in total. The maximum atomic E-state index is 6.15. The molecule has 0 spiro atoms. The molecule has 0 aliphatic carbocycles. The van der Waals surface area contributed by atoms with Gasteiger partial charge in [-0.25, -0.2) is 0 Å². The summed E-state index contributed by atoms with van der Waals surface area (Å²) in [6.07, 6.45) is 2.29. The molecule has 1 aliphatic heterocycles. The number of nitrogens with one attached hydrogen (secondary N) is 1. The van der Waals surface area contributed by atoms with Gasteiger partial charge in [-0.15, -0.1) is 0 Å². The van der Waals surface area contributed by atoms with Gasteiger partial charge in [0, 0.05) is 37.7 Å². The smallest absolute Gasteiger partial charge is 0.146 e. The first-order valence-electron chi connectivity index (χ1n) is 8.45. The molecule has 3 rings (SSSR count). The third-order valence-electron chi connectivity index (χ3n) is 4.30. The van der Waals surface area contributed by atoms with Crippen LogP contribution in [-0.2, 0) is 0 Å². The van der Waals surface area contributed by atoms with Gasteiger partial charge in [-0.2, -0.15) is 0 Å². The summed E-state index contributed by atoms with van der Waals surface area (Å²) in [7, 11) is 0. The highest BCUT2D eigenvalue weighted by molar-refractivity contribution is 6.35. The van der Waals surface area contributed by atoms with Crippen LogP contribution in [0.2, 0.25) is 10.0 Å². The molecule has 3 nitrogen and oxygen atoms in total. The van der Waals surface area contributed by atoms with Crippen LogP contribution < -0.4 is 10.1 Å². The van der Waals surface area contributed by atoms with Gasteiger partial charge in [0.25, 0.3) is 0 Å². The van der Waals surface area contributed by atoms with Crippen LogP contribution in [0, 0.1) is 0 Å². The molecule has 0 unspecified atom stereocenters. The zero-order chi connectivity index (χ0) is 17.6. The molecule has 0 atom stereocenters. The van der Waals surface area contributed by atoms with E-state index in [9.17, 15) is 0 Å². The van der Waals surface area contributed by atoms with Gasteiger partial charge in [-0.3, -0.25) is 4.90 Å². The normalized spacial score (nSPS) is 16.0. The van der Waals surface area contributed by atoms with Crippen molar-refractivity contribution >= 4 is 28.8 Å². The van der Waals surface area contributed by atoms with Crippen molar-refractivity contribution < 1.29 is 4.74 Å². The third-order valence-corrected chi connectivity index (χ3v) is 4.83. The second-order valence-electron chi connectivity index (χ2n) is 6.14. The Morgan fingerprint density at radius 1 is 1.12 bits per heavy atom. The number of allylic oxidation sites excluding steroid dienone is 1. The van der Waals surface area contributed by atoms with Crippen LogP contribution in [0.1, 0.15) is 12.5 Å². The van der Waals surface area contributed by atoms with Gasteiger partial charge in [0.05, 0.1) is 5.02 Å². The first-order chi connectivity index (χ1) is 12.1. The Kier molecular flexibility index (Phi) is 6.38. The van der Waals surface area contributed by atoms with Crippen molar-refractivity contribution in [2.75, 3.05) is 32.7 Å². The van der Waals surface area contributed by atoms with Crippen LogP contribution in [-0.4, -0.2) is 37.6 Å². The molecule has 2 aromatic carbocycles. The molecule has 1 aliphatic rings. The summed E-state index contributed by atoms with van der Waals surface area (Å²) in [5, 5.41) is 4.47.